The number of nitrogens with zero attached hydrogens (tertiary/aromatic N) is 20. The molecule has 3 unspecified atom stereocenters. The number of carbonyl (C=O) groups excluding carboxylic acids is 5. The molecule has 0 fully saturated rings. The molecule has 15 rings (SSSR count). The van der Waals surface area contributed by atoms with Crippen molar-refractivity contribution in [3.63, 3.8) is 0 Å². The van der Waals surface area contributed by atoms with Crippen molar-refractivity contribution in [1.29, 1.82) is 0 Å². The van der Waals surface area contributed by atoms with E-state index in [9.17, 15) is 129 Å². The number of hydrogen-bond acceptors (Lipinski definition) is 21. The summed E-state index contributed by atoms with van der Waals surface area (Å²) in [7, 11) is 0. The molecule has 0 saturated carbocycles. The van der Waals surface area contributed by atoms with Crippen LogP contribution in [0, 0.1) is 94.2 Å². The lowest BCUT2D eigenvalue weighted by molar-refractivity contribution is -0.151. The third-order valence-electron chi connectivity index (χ3n) is 23.8. The van der Waals surface area contributed by atoms with E-state index in [1.54, 1.807) is 9.80 Å². The van der Waals surface area contributed by atoms with Gasteiger partial charge in [0.1, 0.15) is 34.9 Å². The van der Waals surface area contributed by atoms with E-state index in [1.807, 2.05) is 29.2 Å². The van der Waals surface area contributed by atoms with Crippen molar-refractivity contribution in [2.24, 2.45) is 28.7 Å². The normalized spacial score (nSPS) is 17.5. The van der Waals surface area contributed by atoms with Crippen LogP contribution in [0.2, 0.25) is 0 Å². The molecule has 8 atom stereocenters. The molecule has 0 saturated heterocycles. The van der Waals surface area contributed by atoms with Crippen LogP contribution in [0.3, 0.4) is 0 Å². The zero-order valence-corrected chi connectivity index (χ0v) is 77.7. The number of alkyl halides is 9. The van der Waals surface area contributed by atoms with Crippen LogP contribution in [0.1, 0.15) is 179 Å². The van der Waals surface area contributed by atoms with Gasteiger partial charge in [0.15, 0.2) is 92.5 Å². The summed E-state index contributed by atoms with van der Waals surface area (Å²) in [5.41, 5.74) is 26.6. The summed E-state index contributed by atoms with van der Waals surface area (Å²) in [6.07, 6.45) is -13.8. The van der Waals surface area contributed by atoms with Crippen molar-refractivity contribution in [3.05, 3.63) is 228 Å². The molecule has 10 N–H and O–H groups in total. The predicted octanol–water partition coefficient (Wildman–Crippen LogP) is 12.2. The van der Waals surface area contributed by atoms with E-state index in [2.05, 4.69) is 51.0 Å². The third-order valence-corrected chi connectivity index (χ3v) is 24.5. The molecular weight excluding hydrogens is 1960 g/mol. The van der Waals surface area contributed by atoms with Gasteiger partial charge < -0.3 is 71.4 Å². The number of aromatic nitrogens is 15. The molecule has 5 aromatic carbocycles. The van der Waals surface area contributed by atoms with E-state index in [4.69, 9.17) is 28.7 Å². The largest absolute Gasteiger partial charge is 0.451 e. The lowest BCUT2D eigenvalue weighted by Crippen LogP contribution is -2.53. The number of rotatable bonds is 21. The topological polar surface area (TPSA) is 385 Å². The van der Waals surface area contributed by atoms with Gasteiger partial charge in [-0.1, -0.05) is 11.8 Å². The van der Waals surface area contributed by atoms with Crippen molar-refractivity contribution in [3.8, 4) is 0 Å². The minimum absolute atomic E-state index is 0.00496. The Morgan fingerprint density at radius 3 is 1.16 bits per heavy atom. The van der Waals surface area contributed by atoms with Crippen molar-refractivity contribution in [2.45, 2.75) is 235 Å². The number of thioether (sulfide) groups is 1. The van der Waals surface area contributed by atoms with Crippen LogP contribution in [0.5, 0.6) is 0 Å². The molecule has 5 aromatic heterocycles. The highest BCUT2D eigenvalue weighted by atomic mass is 32.2. The second kappa shape index (κ2) is 44.2. The highest BCUT2D eigenvalue weighted by molar-refractivity contribution is 7.98. The Bertz CT molecular complexity index is 6280. The molecule has 0 bridgehead atoms. The van der Waals surface area contributed by atoms with E-state index in [0.29, 0.717) is 92.9 Å². The van der Waals surface area contributed by atoms with Crippen molar-refractivity contribution < 1.29 is 129 Å². The van der Waals surface area contributed by atoms with Crippen LogP contribution in [0.4, 0.5) is 105 Å². The lowest BCUT2D eigenvalue weighted by atomic mass is 9.96. The molecular formula is C87H95F24N25O5S. The average Bonchev–Trinajstić information content (AvgIpc) is 1.64. The first kappa shape index (κ1) is 110. The zero-order valence-electron chi connectivity index (χ0n) is 76.9. The minimum Gasteiger partial charge on any atom is -0.333 e. The van der Waals surface area contributed by atoms with Gasteiger partial charge in [0, 0.05) is 138 Å². The third kappa shape index (κ3) is 25.8. The van der Waals surface area contributed by atoms with Gasteiger partial charge in [0.25, 0.3) is 0 Å². The molecule has 10 aromatic rings. The fourth-order valence-corrected chi connectivity index (χ4v) is 17.7. The van der Waals surface area contributed by atoms with Crippen LogP contribution < -0.4 is 28.7 Å². The number of fused-ring (bicyclic) bond motifs is 5. The number of halogens is 24. The van der Waals surface area contributed by atoms with Gasteiger partial charge in [-0.15, -0.1) is 51.0 Å². The van der Waals surface area contributed by atoms with Crippen LogP contribution in [-0.2, 0) is 118 Å². The van der Waals surface area contributed by atoms with E-state index in [1.165, 1.54) is 68.0 Å². The standard InChI is InChI=1S/3C18H19F6N5O.C17H20F3N5O.C16H18F3N5OS/c1-17(2)8-28(7-14-26-27-16(29(14)17)18(22,23)24)15(30)5-10(25)3-9-4-12(20)13(21)6-11(9)19;1-8-7-28(9(2)16-26-27-17(29(8)16)18(22,23)24)15(30)5-11(25)3-10-4-13(20)14(21)6-12(10)19;1-17(2)15-26-27-16(18(22,23)24)28(15)3-4-29(17)14(30)7-10(25)5-9-6-12(20)13(21)8-11(9)19;1-9-7-24(8-16-23-22-10(2)25(9)16)17(26)5-12(21)3-11-4-14(19)15(20)6-13(11)18;1-26-16-22-21-14-8-23(2-3-24(14)16)15(25)6-10(20)4-9-5-12(18)13(19)7-11(9)17/h4,6,10H,3,5,7-8,25H2,1-2H3;4,6,8-9,11H,3,5,7,25H2,1-2H3;6,8,10H,3-5,7,25H2,1-2H3;4,6,9,12H,3,5,7-8,21H2,1-2H3;5,7,10H,2-4,6,8,20H2,1H3/t10-;8?,9?,11-;10-;9?,12-;10-/m11111/s1. The number of hydrogen-bond donors (Lipinski definition) is 5. The summed E-state index contributed by atoms with van der Waals surface area (Å²) in [4.78, 5) is 70.3. The summed E-state index contributed by atoms with van der Waals surface area (Å²) < 4.78 is 325. The van der Waals surface area contributed by atoms with E-state index in [0.717, 1.165) is 36.8 Å². The molecule has 30 nitrogen and oxygen atoms in total. The number of benzene rings is 5. The number of amides is 5. The molecule has 0 spiro atoms. The fraction of sp³-hybridized carbons (Fsp3) is 0.483. The van der Waals surface area contributed by atoms with E-state index < -0.39 is 194 Å². The number of carbonyl (C=O) groups is 5. The second-order valence-electron chi connectivity index (χ2n) is 35.6. The molecule has 5 aliphatic rings. The number of nitrogens with two attached hydrogens (primary N) is 5. The lowest BCUT2D eigenvalue weighted by Gasteiger charge is -2.42. The van der Waals surface area contributed by atoms with Crippen LogP contribution >= 0.6 is 11.8 Å². The minimum atomic E-state index is -4.69. The second-order valence-corrected chi connectivity index (χ2v) is 36.4. The first-order valence-corrected chi connectivity index (χ1v) is 44.7. The Morgan fingerprint density at radius 2 is 0.732 bits per heavy atom. The maximum absolute atomic E-state index is 13.8. The highest BCUT2D eigenvalue weighted by Crippen LogP contribution is 2.41. The van der Waals surface area contributed by atoms with E-state index >= 15 is 0 Å². The van der Waals surface area contributed by atoms with Gasteiger partial charge in [0.05, 0.1) is 48.8 Å². The fourth-order valence-electron chi connectivity index (χ4n) is 17.1. The summed E-state index contributed by atoms with van der Waals surface area (Å²) in [5.74, 6) is -20.3. The van der Waals surface area contributed by atoms with Gasteiger partial charge in [-0.05, 0) is 152 Å². The summed E-state index contributed by atoms with van der Waals surface area (Å²) in [6.45, 7) is 14.7. The molecule has 0 radical (unpaired) electrons. The van der Waals surface area contributed by atoms with Gasteiger partial charge in [0.2, 0.25) is 47.0 Å². The SMILES string of the molecule is CC1(C)CN(C(=O)C[C@H](N)Cc2cc(F)c(F)cc2F)Cc2nnc(C(F)(F)F)n21.CC1(C)c2nnc(C(F)(F)F)n2CCN1C(=O)C[C@H](N)Cc1cc(F)c(F)cc1F.CC1c2nnc(C(F)(F)F)n2C(C)CN1C(=O)C[C@H](N)Cc1cc(F)c(F)cc1F.CSc1nnc2n1CCN(C(=O)C[C@H](N)Cc1cc(F)c(F)cc1F)C2.Cc1nnc2n1C(C)CN(C(=O)C[C@H](N)Cc1cc(F)c(F)cc1F)C2. The molecule has 772 valence electrons. The smallest absolute Gasteiger partial charge is 0.333 e. The first-order chi connectivity index (χ1) is 66.1. The molecule has 5 aliphatic heterocycles. The predicted molar refractivity (Wildman–Crippen MR) is 455 cm³/mol. The van der Waals surface area contributed by atoms with Crippen LogP contribution in [0.25, 0.3) is 0 Å². The Hall–Kier alpha value is -12.4. The Labute approximate surface area is 797 Å². The first-order valence-electron chi connectivity index (χ1n) is 43.5. The molecule has 10 heterocycles. The molecule has 55 heteroatoms. The van der Waals surface area contributed by atoms with Crippen LogP contribution in [0.15, 0.2) is 65.8 Å². The summed E-state index contributed by atoms with van der Waals surface area (Å²) in [6, 6.07) is 0.146. The van der Waals surface area contributed by atoms with Gasteiger partial charge >= 0.3 is 18.5 Å². The van der Waals surface area contributed by atoms with Crippen LogP contribution in [-0.4, -0.2) is 197 Å². The molecule has 142 heavy (non-hydrogen) atoms. The Balaban J connectivity index is 0.000000170. The summed E-state index contributed by atoms with van der Waals surface area (Å²) in [5, 5.41) is 37.5. The quantitative estimate of drug-likeness (QED) is 0.0253. The maximum atomic E-state index is 13.8. The average molecular weight is 2060 g/mol. The number of aryl methyl sites for hydroxylation is 1. The monoisotopic (exact) mass is 2060 g/mol. The Morgan fingerprint density at radius 1 is 0.380 bits per heavy atom. The van der Waals surface area contributed by atoms with Gasteiger partial charge in [-0.3, -0.25) is 28.5 Å². The van der Waals surface area contributed by atoms with E-state index in [-0.39, 0.29) is 160 Å². The zero-order chi connectivity index (χ0) is 105. The molecule has 5 amide bonds. The van der Waals surface area contributed by atoms with Gasteiger partial charge in [-0.2, -0.15) is 39.5 Å². The highest BCUT2D eigenvalue weighted by Gasteiger charge is 2.50. The van der Waals surface area contributed by atoms with Crippen molar-refractivity contribution >= 4 is 41.3 Å². The van der Waals surface area contributed by atoms with Crippen molar-refractivity contribution in [1.82, 2.24) is 98.3 Å². The van der Waals surface area contributed by atoms with Crippen molar-refractivity contribution in [2.75, 3.05) is 39.0 Å². The van der Waals surface area contributed by atoms with Gasteiger partial charge in [-0.25, -0.2) is 65.9 Å². The summed E-state index contributed by atoms with van der Waals surface area (Å²) >= 11 is 1.49. The Kier molecular flexibility index (Phi) is 34.3. The molecule has 0 aliphatic carbocycles. The maximum Gasteiger partial charge on any atom is 0.451 e.